The van der Waals surface area contributed by atoms with Crippen molar-refractivity contribution in [3.63, 3.8) is 0 Å². The second-order valence-corrected chi connectivity index (χ2v) is 10.2. The maximum absolute atomic E-state index is 13.9. The van der Waals surface area contributed by atoms with Crippen molar-refractivity contribution in [3.8, 4) is 5.75 Å². The molecule has 0 unspecified atom stereocenters. The van der Waals surface area contributed by atoms with E-state index in [4.69, 9.17) is 9.47 Å². The smallest absolute Gasteiger partial charge is 0.271 e. The van der Waals surface area contributed by atoms with E-state index in [1.165, 1.54) is 0 Å². The molecule has 2 aromatic carbocycles. The van der Waals surface area contributed by atoms with Gasteiger partial charge in [0.15, 0.2) is 0 Å². The van der Waals surface area contributed by atoms with Crippen LogP contribution in [0.4, 0.5) is 0 Å². The number of nitrogens with zero attached hydrogens (tertiary/aromatic N) is 2. The molecule has 0 spiro atoms. The zero-order chi connectivity index (χ0) is 25.9. The molecule has 0 fully saturated rings. The zero-order valence-electron chi connectivity index (χ0n) is 21.9. The largest absolute Gasteiger partial charge is 0.491 e. The number of benzene rings is 2. The highest BCUT2D eigenvalue weighted by Gasteiger charge is 2.47. The van der Waals surface area contributed by atoms with E-state index >= 15 is 0 Å². The summed E-state index contributed by atoms with van der Waals surface area (Å²) >= 11 is 0. The fourth-order valence-corrected chi connectivity index (χ4v) is 4.67. The van der Waals surface area contributed by atoms with Crippen LogP contribution in [0.2, 0.25) is 0 Å². The van der Waals surface area contributed by atoms with Crippen LogP contribution in [0.15, 0.2) is 54.6 Å². The van der Waals surface area contributed by atoms with Gasteiger partial charge in [0.1, 0.15) is 17.0 Å². The number of fused-ring (bicyclic) bond motifs is 3. The van der Waals surface area contributed by atoms with Crippen LogP contribution < -0.4 is 10.1 Å². The maximum atomic E-state index is 13.9. The molecule has 192 valence electrons. The number of rotatable bonds is 10. The van der Waals surface area contributed by atoms with E-state index < -0.39 is 5.54 Å². The summed E-state index contributed by atoms with van der Waals surface area (Å²) in [4.78, 5) is 29.2. The number of amides is 2. The minimum atomic E-state index is -1.06. The molecule has 1 aliphatic rings. The number of para-hydroxylation sites is 1. The summed E-state index contributed by atoms with van der Waals surface area (Å²) in [5.74, 6) is 0.465. The van der Waals surface area contributed by atoms with Gasteiger partial charge in [0.05, 0.1) is 18.8 Å². The van der Waals surface area contributed by atoms with Gasteiger partial charge in [-0.3, -0.25) is 9.59 Å². The third-order valence-corrected chi connectivity index (χ3v) is 6.52. The first-order chi connectivity index (χ1) is 17.2. The Morgan fingerprint density at radius 1 is 1.06 bits per heavy atom. The predicted molar refractivity (Wildman–Crippen MR) is 141 cm³/mol. The molecular formula is C29H37N3O4. The quantitative estimate of drug-likeness (QED) is 0.415. The molecular weight excluding hydrogens is 454 g/mol. The monoisotopic (exact) mass is 491 g/mol. The minimum absolute atomic E-state index is 0.0827. The molecule has 1 atom stereocenters. The first-order valence-corrected chi connectivity index (χ1v) is 12.7. The Morgan fingerprint density at radius 3 is 2.47 bits per heavy atom. The molecule has 1 aliphatic heterocycles. The molecule has 0 bridgehead atoms. The zero-order valence-corrected chi connectivity index (χ0v) is 21.9. The van der Waals surface area contributed by atoms with Gasteiger partial charge < -0.3 is 24.3 Å². The third kappa shape index (κ3) is 5.41. The van der Waals surface area contributed by atoms with E-state index in [0.29, 0.717) is 38.4 Å². The highest BCUT2D eigenvalue weighted by molar-refractivity contribution is 6.03. The van der Waals surface area contributed by atoms with Gasteiger partial charge in [-0.2, -0.15) is 0 Å². The Hall–Kier alpha value is -3.32. The Kier molecular flexibility index (Phi) is 7.69. The highest BCUT2D eigenvalue weighted by Crippen LogP contribution is 2.33. The SMILES string of the molecule is CC(C)OCCCNC(=O)[C@@]1(C)Cn2c(cc3ccccc32)C(=O)N1Cc1ccc(OC(C)C)cc1. The van der Waals surface area contributed by atoms with Gasteiger partial charge >= 0.3 is 0 Å². The van der Waals surface area contributed by atoms with E-state index in [-0.39, 0.29) is 24.0 Å². The molecule has 0 saturated carbocycles. The third-order valence-electron chi connectivity index (χ3n) is 6.52. The summed E-state index contributed by atoms with van der Waals surface area (Å²) in [5, 5.41) is 4.05. The number of nitrogens with one attached hydrogen (secondary N) is 1. The van der Waals surface area contributed by atoms with Gasteiger partial charge in [0, 0.05) is 30.6 Å². The summed E-state index contributed by atoms with van der Waals surface area (Å²) < 4.78 is 13.3. The van der Waals surface area contributed by atoms with Crippen LogP contribution in [0.5, 0.6) is 5.75 Å². The van der Waals surface area contributed by atoms with Crippen molar-refractivity contribution >= 4 is 22.7 Å². The van der Waals surface area contributed by atoms with Crippen molar-refractivity contribution in [2.75, 3.05) is 13.2 Å². The van der Waals surface area contributed by atoms with Crippen molar-refractivity contribution < 1.29 is 19.1 Å². The summed E-state index contributed by atoms with van der Waals surface area (Å²) in [6.07, 6.45) is 0.949. The van der Waals surface area contributed by atoms with Crippen LogP contribution in [-0.4, -0.2) is 52.2 Å². The molecule has 0 saturated heterocycles. The summed E-state index contributed by atoms with van der Waals surface area (Å²) in [6, 6.07) is 17.6. The Balaban J connectivity index is 1.61. The molecule has 3 aromatic rings. The summed E-state index contributed by atoms with van der Waals surface area (Å²) in [7, 11) is 0. The lowest BCUT2D eigenvalue weighted by atomic mass is 9.93. The van der Waals surface area contributed by atoms with Crippen LogP contribution >= 0.6 is 0 Å². The Bertz CT molecular complexity index is 1210. The van der Waals surface area contributed by atoms with Crippen molar-refractivity contribution in [2.45, 2.75) is 71.9 Å². The lowest BCUT2D eigenvalue weighted by molar-refractivity contribution is -0.133. The van der Waals surface area contributed by atoms with Gasteiger partial charge in [-0.1, -0.05) is 30.3 Å². The lowest BCUT2D eigenvalue weighted by Crippen LogP contribution is -2.63. The average molecular weight is 492 g/mol. The maximum Gasteiger partial charge on any atom is 0.271 e. The van der Waals surface area contributed by atoms with Crippen LogP contribution in [0, 0.1) is 0 Å². The molecule has 36 heavy (non-hydrogen) atoms. The molecule has 4 rings (SSSR count). The van der Waals surface area contributed by atoms with Gasteiger partial charge in [0.2, 0.25) is 5.91 Å². The molecule has 7 nitrogen and oxygen atoms in total. The molecule has 1 N–H and O–H groups in total. The lowest BCUT2D eigenvalue weighted by Gasteiger charge is -2.44. The predicted octanol–water partition coefficient (Wildman–Crippen LogP) is 4.77. The summed E-state index contributed by atoms with van der Waals surface area (Å²) in [5.41, 5.74) is 1.44. The van der Waals surface area contributed by atoms with Crippen molar-refractivity contribution in [1.29, 1.82) is 0 Å². The number of carbonyl (C=O) groups excluding carboxylic acids is 2. The standard InChI is InChI=1S/C29H37N3O4/c1-20(2)35-16-8-15-30-28(34)29(5)19-31-25-10-7-6-9-23(25)17-26(31)27(33)32(29)18-22-11-13-24(14-12-22)36-21(3)4/h6-7,9-14,17,20-21H,8,15-16,18-19H2,1-5H3,(H,30,34)/t29-/m1/s1. The van der Waals surface area contributed by atoms with E-state index in [1.807, 2.05) is 93.8 Å². The Morgan fingerprint density at radius 2 is 1.78 bits per heavy atom. The van der Waals surface area contributed by atoms with Crippen molar-refractivity contribution in [2.24, 2.45) is 0 Å². The van der Waals surface area contributed by atoms with Gasteiger partial charge in [-0.05, 0) is 70.9 Å². The first-order valence-electron chi connectivity index (χ1n) is 12.7. The van der Waals surface area contributed by atoms with Gasteiger partial charge in [0.25, 0.3) is 5.91 Å². The molecule has 0 aliphatic carbocycles. The number of hydrogen-bond donors (Lipinski definition) is 1. The van der Waals surface area contributed by atoms with E-state index in [2.05, 4.69) is 5.32 Å². The summed E-state index contributed by atoms with van der Waals surface area (Å²) in [6.45, 7) is 11.6. The minimum Gasteiger partial charge on any atom is -0.491 e. The molecule has 0 radical (unpaired) electrons. The highest BCUT2D eigenvalue weighted by atomic mass is 16.5. The van der Waals surface area contributed by atoms with Crippen LogP contribution in [-0.2, 0) is 22.6 Å². The van der Waals surface area contributed by atoms with E-state index in [9.17, 15) is 9.59 Å². The van der Waals surface area contributed by atoms with Crippen LogP contribution in [0.25, 0.3) is 10.9 Å². The fraction of sp³-hybridized carbons (Fsp3) is 0.448. The van der Waals surface area contributed by atoms with Crippen molar-refractivity contribution in [3.05, 3.63) is 65.9 Å². The first kappa shape index (κ1) is 25.8. The second kappa shape index (κ2) is 10.7. The molecule has 1 aromatic heterocycles. The average Bonchev–Trinajstić information content (AvgIpc) is 3.20. The molecule has 7 heteroatoms. The number of hydrogen-bond acceptors (Lipinski definition) is 4. The van der Waals surface area contributed by atoms with E-state index in [1.54, 1.807) is 4.90 Å². The topological polar surface area (TPSA) is 72.8 Å². The normalized spacial score (nSPS) is 17.6. The van der Waals surface area contributed by atoms with Crippen LogP contribution in [0.1, 0.15) is 57.1 Å². The van der Waals surface area contributed by atoms with Gasteiger partial charge in [-0.15, -0.1) is 0 Å². The number of ether oxygens (including phenoxy) is 2. The van der Waals surface area contributed by atoms with Crippen LogP contribution in [0.3, 0.4) is 0 Å². The molecule has 2 amide bonds. The number of carbonyl (C=O) groups is 2. The second-order valence-electron chi connectivity index (χ2n) is 10.2. The number of aromatic nitrogens is 1. The van der Waals surface area contributed by atoms with Gasteiger partial charge in [-0.25, -0.2) is 0 Å². The Labute approximate surface area is 213 Å². The van der Waals surface area contributed by atoms with E-state index in [0.717, 1.165) is 22.2 Å². The fourth-order valence-electron chi connectivity index (χ4n) is 4.67. The molecule has 2 heterocycles. The van der Waals surface area contributed by atoms with Crippen molar-refractivity contribution in [1.82, 2.24) is 14.8 Å².